The van der Waals surface area contributed by atoms with Crippen molar-refractivity contribution in [2.45, 2.75) is 88.5 Å². The van der Waals surface area contributed by atoms with E-state index in [1.807, 2.05) is 12.1 Å². The summed E-state index contributed by atoms with van der Waals surface area (Å²) in [5.41, 5.74) is 0.766. The number of rotatable bonds is 5. The first-order valence-electron chi connectivity index (χ1n) is 12.6. The van der Waals surface area contributed by atoms with Crippen LogP contribution < -0.4 is 0 Å². The first-order valence-corrected chi connectivity index (χ1v) is 12.6. The maximum Gasteiger partial charge on any atom is 0.340 e. The number of carbonyl (C=O) groups excluding carboxylic acids is 2. The molecule has 2 aromatic carbocycles. The zero-order valence-electron chi connectivity index (χ0n) is 21.5. The largest absolute Gasteiger partial charge is 0.429 e. The van der Waals surface area contributed by atoms with Crippen molar-refractivity contribution in [3.05, 3.63) is 71.8 Å². The summed E-state index contributed by atoms with van der Waals surface area (Å²) in [6.45, 7) is 7.11. The van der Waals surface area contributed by atoms with E-state index in [9.17, 15) is 9.59 Å². The zero-order chi connectivity index (χ0) is 26.7. The van der Waals surface area contributed by atoms with Crippen molar-refractivity contribution in [2.24, 2.45) is 0 Å². The van der Waals surface area contributed by atoms with Crippen LogP contribution in [0.3, 0.4) is 0 Å². The van der Waals surface area contributed by atoms with E-state index in [0.29, 0.717) is 11.1 Å². The van der Waals surface area contributed by atoms with Gasteiger partial charge in [0.2, 0.25) is 12.6 Å². The molecule has 8 atom stereocenters. The van der Waals surface area contributed by atoms with E-state index < -0.39 is 72.7 Å². The number of ether oxygens (including phenoxy) is 8. The van der Waals surface area contributed by atoms with Gasteiger partial charge in [-0.2, -0.15) is 0 Å². The van der Waals surface area contributed by atoms with Crippen LogP contribution >= 0.6 is 0 Å². The van der Waals surface area contributed by atoms with Gasteiger partial charge in [0, 0.05) is 0 Å². The molecule has 6 rings (SSSR count). The lowest BCUT2D eigenvalue weighted by Gasteiger charge is -2.29. The van der Waals surface area contributed by atoms with Crippen molar-refractivity contribution in [1.82, 2.24) is 0 Å². The Morgan fingerprint density at radius 1 is 0.553 bits per heavy atom. The Morgan fingerprint density at radius 2 is 0.895 bits per heavy atom. The normalized spacial score (nSPS) is 36.4. The molecule has 38 heavy (non-hydrogen) atoms. The molecule has 0 radical (unpaired) electrons. The Hall–Kier alpha value is -2.86. The number of carbonyl (C=O) groups is 2. The molecular weight excluding hydrogens is 496 g/mol. The summed E-state index contributed by atoms with van der Waals surface area (Å²) in [5.74, 6) is -2.99. The van der Waals surface area contributed by atoms with Gasteiger partial charge in [-0.15, -0.1) is 0 Å². The topological polar surface area (TPSA) is 108 Å². The van der Waals surface area contributed by atoms with Crippen molar-refractivity contribution < 1.29 is 47.5 Å². The first kappa shape index (κ1) is 25.4. The highest BCUT2D eigenvalue weighted by Crippen LogP contribution is 2.47. The number of hydrogen-bond acceptors (Lipinski definition) is 10. The van der Waals surface area contributed by atoms with Crippen molar-refractivity contribution in [2.75, 3.05) is 0 Å². The molecule has 4 fully saturated rings. The maximum atomic E-state index is 12.8. The minimum Gasteiger partial charge on any atom is -0.429 e. The average molecular weight is 527 g/mol. The van der Waals surface area contributed by atoms with Crippen LogP contribution in [0.1, 0.15) is 48.4 Å². The minimum atomic E-state index is -1.05. The molecule has 0 N–H and O–H groups in total. The summed E-state index contributed by atoms with van der Waals surface area (Å²) < 4.78 is 48.4. The number of fused-ring (bicyclic) bond motifs is 2. The monoisotopic (exact) mass is 526 g/mol. The number of benzene rings is 2. The van der Waals surface area contributed by atoms with Gasteiger partial charge in [-0.25, -0.2) is 9.59 Å². The zero-order valence-corrected chi connectivity index (χ0v) is 21.5. The molecule has 202 valence electrons. The summed E-state index contributed by atoms with van der Waals surface area (Å²) in [7, 11) is 0. The Morgan fingerprint density at radius 3 is 1.26 bits per heavy atom. The molecular formula is C28H30O10. The molecule has 0 aromatic heterocycles. The Labute approximate surface area is 220 Å². The fraction of sp³-hybridized carbons (Fsp3) is 0.500. The van der Waals surface area contributed by atoms with E-state index in [1.54, 1.807) is 76.2 Å². The second-order valence-corrected chi connectivity index (χ2v) is 10.6. The average Bonchev–Trinajstić information content (AvgIpc) is 3.57. The third-order valence-corrected chi connectivity index (χ3v) is 6.88. The third kappa shape index (κ3) is 4.72. The van der Waals surface area contributed by atoms with Gasteiger partial charge in [-0.3, -0.25) is 0 Å². The summed E-state index contributed by atoms with van der Waals surface area (Å²) >= 11 is 0. The maximum absolute atomic E-state index is 12.8. The predicted molar refractivity (Wildman–Crippen MR) is 129 cm³/mol. The predicted octanol–water partition coefficient (Wildman–Crippen LogP) is 3.19. The van der Waals surface area contributed by atoms with E-state index in [-0.39, 0.29) is 0 Å². The first-order chi connectivity index (χ1) is 18.1. The fourth-order valence-corrected chi connectivity index (χ4v) is 5.40. The minimum absolute atomic E-state index is 0.383. The smallest absolute Gasteiger partial charge is 0.340 e. The highest BCUT2D eigenvalue weighted by molar-refractivity contribution is 5.89. The van der Waals surface area contributed by atoms with Crippen LogP contribution in [-0.2, 0) is 37.9 Å². The van der Waals surface area contributed by atoms with Crippen LogP contribution in [0.2, 0.25) is 0 Å². The van der Waals surface area contributed by atoms with Crippen molar-refractivity contribution in [3.8, 4) is 0 Å². The Kier molecular flexibility index (Phi) is 6.29. The second kappa shape index (κ2) is 9.41. The van der Waals surface area contributed by atoms with Gasteiger partial charge in [0.15, 0.2) is 23.8 Å². The molecule has 0 aliphatic carbocycles. The van der Waals surface area contributed by atoms with E-state index >= 15 is 0 Å². The third-order valence-electron chi connectivity index (χ3n) is 6.88. The van der Waals surface area contributed by atoms with Crippen LogP contribution in [0.15, 0.2) is 60.7 Å². The van der Waals surface area contributed by atoms with Crippen LogP contribution in [0.5, 0.6) is 0 Å². The lowest BCUT2D eigenvalue weighted by molar-refractivity contribution is -0.259. The van der Waals surface area contributed by atoms with E-state index in [1.165, 1.54) is 0 Å². The van der Waals surface area contributed by atoms with Crippen LogP contribution in [0, 0.1) is 0 Å². The second-order valence-electron chi connectivity index (χ2n) is 10.6. The molecule has 4 aliphatic rings. The highest BCUT2D eigenvalue weighted by atomic mass is 16.8. The molecule has 10 heteroatoms. The number of hydrogen-bond donors (Lipinski definition) is 0. The molecule has 0 bridgehead atoms. The lowest BCUT2D eigenvalue weighted by atomic mass is 10.0. The molecule has 0 amide bonds. The van der Waals surface area contributed by atoms with Gasteiger partial charge in [0.25, 0.3) is 0 Å². The van der Waals surface area contributed by atoms with E-state index in [2.05, 4.69) is 0 Å². The molecule has 2 aromatic rings. The van der Waals surface area contributed by atoms with Gasteiger partial charge < -0.3 is 37.9 Å². The van der Waals surface area contributed by atoms with Gasteiger partial charge in [0.05, 0.1) is 11.1 Å². The van der Waals surface area contributed by atoms with Gasteiger partial charge in [-0.1, -0.05) is 36.4 Å². The van der Waals surface area contributed by atoms with Gasteiger partial charge in [0.1, 0.15) is 24.4 Å². The molecule has 2 unspecified atom stereocenters. The van der Waals surface area contributed by atoms with Crippen LogP contribution in [0.25, 0.3) is 0 Å². The SMILES string of the molecule is CC1(C)O[C@H]2[C@H](OC(=O)c3ccccc3)OC(C3O[C@@H](OC(=O)c4ccccc4)[C@@H]4OC(C)(C)O[C@H]34)[C@H]2O1. The summed E-state index contributed by atoms with van der Waals surface area (Å²) in [5, 5.41) is 0. The molecule has 4 aliphatic heterocycles. The Balaban J connectivity index is 1.24. The van der Waals surface area contributed by atoms with E-state index in [4.69, 9.17) is 37.9 Å². The van der Waals surface area contributed by atoms with Crippen molar-refractivity contribution in [1.29, 1.82) is 0 Å². The van der Waals surface area contributed by atoms with Gasteiger partial charge in [-0.05, 0) is 52.0 Å². The summed E-state index contributed by atoms with van der Waals surface area (Å²) in [6, 6.07) is 17.2. The van der Waals surface area contributed by atoms with Crippen LogP contribution in [0.4, 0.5) is 0 Å². The molecule has 4 heterocycles. The Bertz CT molecular complexity index is 1090. The number of esters is 2. The van der Waals surface area contributed by atoms with Crippen molar-refractivity contribution in [3.63, 3.8) is 0 Å². The summed E-state index contributed by atoms with van der Waals surface area (Å²) in [4.78, 5) is 25.6. The van der Waals surface area contributed by atoms with Crippen LogP contribution in [-0.4, -0.2) is 72.7 Å². The summed E-state index contributed by atoms with van der Waals surface area (Å²) in [6.07, 6.45) is -6.32. The standard InChI is InChI=1S/C28H30O10/c1-27(2)35-19-17(31-25(21(19)37-27)33-23(29)15-11-7-5-8-12-15)18-20-22(38-28(3,4)36-20)26(32-18)34-24(30)16-13-9-6-10-14-16/h5-14,17-22,25-26H,1-4H3/t17?,18?,19-,20-,21-,22-,25+,26+/m1/s1. The highest BCUT2D eigenvalue weighted by Gasteiger charge is 2.66. The van der Waals surface area contributed by atoms with Gasteiger partial charge >= 0.3 is 11.9 Å². The molecule has 10 nitrogen and oxygen atoms in total. The van der Waals surface area contributed by atoms with E-state index in [0.717, 1.165) is 0 Å². The fourth-order valence-electron chi connectivity index (χ4n) is 5.40. The lowest BCUT2D eigenvalue weighted by Crippen LogP contribution is -2.45. The quantitative estimate of drug-likeness (QED) is 0.539. The molecule has 0 saturated carbocycles. The van der Waals surface area contributed by atoms with Crippen molar-refractivity contribution >= 4 is 11.9 Å². The molecule has 4 saturated heterocycles. The molecule has 0 spiro atoms.